The molecule has 34 heavy (non-hydrogen) atoms. The lowest BCUT2D eigenvalue weighted by Gasteiger charge is -2.17. The van der Waals surface area contributed by atoms with Gasteiger partial charge in [-0.2, -0.15) is 17.6 Å². The minimum atomic E-state index is -4.65. The molecule has 1 aromatic heterocycles. The quantitative estimate of drug-likeness (QED) is 0.354. The van der Waals surface area contributed by atoms with Crippen molar-refractivity contribution >= 4 is 28.3 Å². The Balaban J connectivity index is 1.60. The minimum absolute atomic E-state index is 0.102. The second kappa shape index (κ2) is 8.97. The van der Waals surface area contributed by atoms with Gasteiger partial charge < -0.3 is 15.8 Å². The van der Waals surface area contributed by atoms with E-state index in [1.807, 2.05) is 19.1 Å². The van der Waals surface area contributed by atoms with E-state index in [2.05, 4.69) is 20.0 Å². The second-order valence-electron chi connectivity index (χ2n) is 7.47. The molecule has 0 aliphatic carbocycles. The summed E-state index contributed by atoms with van der Waals surface area (Å²) >= 11 is 0. The summed E-state index contributed by atoms with van der Waals surface area (Å²) in [7, 11) is 0. The first-order valence-corrected chi connectivity index (χ1v) is 10.0. The van der Waals surface area contributed by atoms with E-state index in [4.69, 9.17) is 5.73 Å². The van der Waals surface area contributed by atoms with Gasteiger partial charge in [0.2, 0.25) is 0 Å². The number of aromatic nitrogens is 2. The fraction of sp³-hybridized carbons (Fsp3) is 0.125. The highest BCUT2D eigenvalue weighted by Gasteiger charge is 2.44. The molecule has 4 aromatic rings. The van der Waals surface area contributed by atoms with E-state index in [-0.39, 0.29) is 5.69 Å². The number of aryl methyl sites for hydroxylation is 1. The number of nitrogens with one attached hydrogen (secondary N) is 1. The largest absolute Gasteiger partial charge is 0.461 e. The molecule has 0 fully saturated rings. The minimum Gasteiger partial charge on any atom is -0.428 e. The Bertz CT molecular complexity index is 1380. The highest BCUT2D eigenvalue weighted by atomic mass is 19.3. The molecule has 6 nitrogen and oxygen atoms in total. The molecule has 10 heteroatoms. The lowest BCUT2D eigenvalue weighted by molar-refractivity contribution is -0.253. The molecule has 0 radical (unpaired) electrons. The smallest absolute Gasteiger partial charge is 0.428 e. The van der Waals surface area contributed by atoms with Crippen molar-refractivity contribution < 1.29 is 27.1 Å². The van der Waals surface area contributed by atoms with Gasteiger partial charge in [-0.15, -0.1) is 0 Å². The summed E-state index contributed by atoms with van der Waals surface area (Å²) in [5.41, 5.74) is 9.50. The van der Waals surface area contributed by atoms with Crippen LogP contribution in [0.2, 0.25) is 0 Å². The summed E-state index contributed by atoms with van der Waals surface area (Å²) in [5, 5.41) is 3.23. The molecule has 0 aliphatic rings. The standard InChI is InChI=1S/C24H18F4N4O2/c1-13-5-6-15(10-18(13)14-7-8-20-19(9-14)21(29)31-12-30-20)22(33)32-16-3-2-4-17(11-16)34-24(27,28)23(25)26/h2-12,23H,1H3,(H,32,33)(H2,29,30,31). The molecular formula is C24H18F4N4O2. The summed E-state index contributed by atoms with van der Waals surface area (Å²) < 4.78 is 55.2. The Morgan fingerprint density at radius 3 is 2.62 bits per heavy atom. The number of alkyl halides is 4. The molecule has 174 valence electrons. The molecule has 3 aromatic carbocycles. The van der Waals surface area contributed by atoms with E-state index in [0.29, 0.717) is 22.3 Å². The predicted molar refractivity (Wildman–Crippen MR) is 120 cm³/mol. The molecule has 0 saturated carbocycles. The van der Waals surface area contributed by atoms with E-state index in [1.165, 1.54) is 18.5 Å². The van der Waals surface area contributed by atoms with Gasteiger partial charge in [-0.1, -0.05) is 18.2 Å². The monoisotopic (exact) mass is 470 g/mol. The van der Waals surface area contributed by atoms with Crippen LogP contribution in [0.3, 0.4) is 0 Å². The Morgan fingerprint density at radius 1 is 1.06 bits per heavy atom. The van der Waals surface area contributed by atoms with Crippen molar-refractivity contribution in [2.24, 2.45) is 0 Å². The molecule has 1 amide bonds. The van der Waals surface area contributed by atoms with E-state index < -0.39 is 24.2 Å². The van der Waals surface area contributed by atoms with Gasteiger partial charge >= 0.3 is 12.5 Å². The third-order valence-electron chi connectivity index (χ3n) is 5.08. The number of amides is 1. The third-order valence-corrected chi connectivity index (χ3v) is 5.08. The normalized spacial score (nSPS) is 11.6. The number of nitrogens with zero attached hydrogens (tertiary/aromatic N) is 2. The molecule has 0 saturated heterocycles. The highest BCUT2D eigenvalue weighted by Crippen LogP contribution is 2.31. The van der Waals surface area contributed by atoms with Crippen LogP contribution in [0.1, 0.15) is 15.9 Å². The highest BCUT2D eigenvalue weighted by molar-refractivity contribution is 6.05. The summed E-state index contributed by atoms with van der Waals surface area (Å²) in [5.74, 6) is -0.704. The van der Waals surface area contributed by atoms with Crippen LogP contribution in [0.25, 0.3) is 22.0 Å². The van der Waals surface area contributed by atoms with Gasteiger partial charge in [0.25, 0.3) is 5.91 Å². The van der Waals surface area contributed by atoms with Crippen LogP contribution < -0.4 is 15.8 Å². The lowest BCUT2D eigenvalue weighted by Crippen LogP contribution is -2.33. The third kappa shape index (κ3) is 4.75. The Morgan fingerprint density at radius 2 is 1.85 bits per heavy atom. The molecule has 0 atom stereocenters. The number of nitrogen functional groups attached to an aromatic ring is 1. The van der Waals surface area contributed by atoms with Gasteiger partial charge in [0.05, 0.1) is 5.52 Å². The van der Waals surface area contributed by atoms with E-state index in [1.54, 1.807) is 24.3 Å². The first kappa shape index (κ1) is 23.0. The number of rotatable bonds is 6. The SMILES string of the molecule is Cc1ccc(C(=O)Nc2cccc(OC(F)(F)C(F)F)c2)cc1-c1ccc2ncnc(N)c2c1. The van der Waals surface area contributed by atoms with Crippen LogP contribution >= 0.6 is 0 Å². The molecule has 0 aliphatic heterocycles. The number of carbonyl (C=O) groups is 1. The summed E-state index contributed by atoms with van der Waals surface area (Å²) in [6.07, 6.45) is -7.26. The van der Waals surface area contributed by atoms with Crippen LogP contribution in [0, 0.1) is 6.92 Å². The van der Waals surface area contributed by atoms with Crippen LogP contribution in [0.15, 0.2) is 67.0 Å². The fourth-order valence-electron chi connectivity index (χ4n) is 3.36. The number of fused-ring (bicyclic) bond motifs is 1. The maximum Gasteiger partial charge on any atom is 0.461 e. The zero-order valence-electron chi connectivity index (χ0n) is 17.7. The molecule has 0 spiro atoms. The molecule has 3 N–H and O–H groups in total. The zero-order chi connectivity index (χ0) is 24.5. The van der Waals surface area contributed by atoms with Crippen molar-refractivity contribution in [1.82, 2.24) is 9.97 Å². The molecule has 4 rings (SSSR count). The Hall–Kier alpha value is -4.21. The van der Waals surface area contributed by atoms with Crippen LogP contribution in [-0.2, 0) is 0 Å². The van der Waals surface area contributed by atoms with Gasteiger partial charge in [-0.25, -0.2) is 9.97 Å². The zero-order valence-corrected chi connectivity index (χ0v) is 17.7. The van der Waals surface area contributed by atoms with Gasteiger partial charge in [-0.3, -0.25) is 4.79 Å². The lowest BCUT2D eigenvalue weighted by atomic mass is 9.96. The van der Waals surface area contributed by atoms with Crippen molar-refractivity contribution in [2.75, 3.05) is 11.1 Å². The van der Waals surface area contributed by atoms with Crippen molar-refractivity contribution in [3.8, 4) is 16.9 Å². The van der Waals surface area contributed by atoms with Gasteiger partial charge in [0.1, 0.15) is 17.9 Å². The number of anilines is 2. The maximum atomic E-state index is 13.2. The van der Waals surface area contributed by atoms with E-state index in [9.17, 15) is 22.4 Å². The summed E-state index contributed by atoms with van der Waals surface area (Å²) in [6.45, 7) is 1.88. The van der Waals surface area contributed by atoms with Crippen molar-refractivity contribution in [1.29, 1.82) is 0 Å². The van der Waals surface area contributed by atoms with Gasteiger partial charge in [0, 0.05) is 22.7 Å². The first-order valence-electron chi connectivity index (χ1n) is 10.0. The Labute approximate surface area is 191 Å². The maximum absolute atomic E-state index is 13.2. The number of halogens is 4. The van der Waals surface area contributed by atoms with Crippen LogP contribution in [-0.4, -0.2) is 28.4 Å². The number of benzene rings is 3. The fourth-order valence-corrected chi connectivity index (χ4v) is 3.36. The second-order valence-corrected chi connectivity index (χ2v) is 7.47. The van der Waals surface area contributed by atoms with Crippen molar-refractivity contribution in [2.45, 2.75) is 19.5 Å². The average molecular weight is 470 g/mol. The topological polar surface area (TPSA) is 90.1 Å². The van der Waals surface area contributed by atoms with E-state index in [0.717, 1.165) is 28.8 Å². The average Bonchev–Trinajstić information content (AvgIpc) is 2.79. The van der Waals surface area contributed by atoms with Gasteiger partial charge in [0.15, 0.2) is 0 Å². The Kier molecular flexibility index (Phi) is 6.06. The van der Waals surface area contributed by atoms with Crippen molar-refractivity contribution in [3.63, 3.8) is 0 Å². The van der Waals surface area contributed by atoms with Crippen LogP contribution in [0.5, 0.6) is 5.75 Å². The summed E-state index contributed by atoms with van der Waals surface area (Å²) in [4.78, 5) is 21.0. The number of hydrogen-bond donors (Lipinski definition) is 2. The van der Waals surface area contributed by atoms with Crippen molar-refractivity contribution in [3.05, 3.63) is 78.1 Å². The van der Waals surface area contributed by atoms with E-state index >= 15 is 0 Å². The number of nitrogens with two attached hydrogens (primary N) is 1. The molecule has 0 bridgehead atoms. The summed E-state index contributed by atoms with van der Waals surface area (Å²) in [6, 6.07) is 15.4. The number of ether oxygens (including phenoxy) is 1. The van der Waals surface area contributed by atoms with Crippen LogP contribution in [0.4, 0.5) is 29.1 Å². The molecule has 0 unspecified atom stereocenters. The number of carbonyl (C=O) groups excluding carboxylic acids is 1. The van der Waals surface area contributed by atoms with Gasteiger partial charge in [-0.05, 0) is 60.0 Å². The molecule has 1 heterocycles. The number of hydrogen-bond acceptors (Lipinski definition) is 5. The first-order chi connectivity index (χ1) is 16.1. The predicted octanol–water partition coefficient (Wildman–Crippen LogP) is 5.68. The molecular weight excluding hydrogens is 452 g/mol.